The van der Waals surface area contributed by atoms with Crippen LogP contribution in [0.2, 0.25) is 6.04 Å². The van der Waals surface area contributed by atoms with Crippen molar-refractivity contribution in [1.82, 2.24) is 0 Å². The molecule has 0 aliphatic rings. The molecule has 0 bridgehead atoms. The summed E-state index contributed by atoms with van der Waals surface area (Å²) in [4.78, 5) is 0. The minimum atomic E-state index is -0.863. The van der Waals surface area contributed by atoms with Gasteiger partial charge in [0.05, 0.1) is 5.73 Å². The highest BCUT2D eigenvalue weighted by atomic mass is 28.3. The molecule has 20 heavy (non-hydrogen) atoms. The first-order valence-electron chi connectivity index (χ1n) is 7.52. The predicted octanol–water partition coefficient (Wildman–Crippen LogP) is 4.25. The van der Waals surface area contributed by atoms with Crippen molar-refractivity contribution in [1.29, 1.82) is 0 Å². The van der Waals surface area contributed by atoms with E-state index >= 15 is 0 Å². The molecule has 1 atom stereocenters. The second-order valence-electron chi connectivity index (χ2n) is 4.86. The molecule has 1 aromatic carbocycles. The fraction of sp³-hybridized carbons (Fsp3) is 0.529. The first-order valence-corrected chi connectivity index (χ1v) is 9.22. The van der Waals surface area contributed by atoms with Gasteiger partial charge in [-0.15, -0.1) is 0 Å². The topological polar surface area (TPSA) is 18.5 Å². The normalized spacial score (nSPS) is 12.6. The third kappa shape index (κ3) is 6.03. The molecular weight excluding hydrogens is 264 g/mol. The minimum absolute atomic E-state index is 0.268. The van der Waals surface area contributed by atoms with Gasteiger partial charge in [0.25, 0.3) is 0 Å². The average Bonchev–Trinajstić information content (AvgIpc) is 2.47. The number of ether oxygens (including phenoxy) is 1. The smallest absolute Gasteiger partial charge is 0.241 e. The van der Waals surface area contributed by atoms with Gasteiger partial charge in [-0.05, 0) is 37.4 Å². The fourth-order valence-corrected chi connectivity index (χ4v) is 4.15. The second-order valence-corrected chi connectivity index (χ2v) is 7.40. The zero-order valence-electron chi connectivity index (χ0n) is 13.0. The summed E-state index contributed by atoms with van der Waals surface area (Å²) in [6.45, 7) is 11.8. The molecule has 0 saturated carbocycles. The molecule has 1 aromatic rings. The Balaban J connectivity index is 2.44. The molecule has 0 fully saturated rings. The predicted molar refractivity (Wildman–Crippen MR) is 88.1 cm³/mol. The van der Waals surface area contributed by atoms with E-state index < -0.39 is 9.04 Å². The van der Waals surface area contributed by atoms with E-state index in [1.165, 1.54) is 11.1 Å². The van der Waals surface area contributed by atoms with Crippen molar-refractivity contribution in [3.8, 4) is 0 Å². The maximum atomic E-state index is 6.13. The molecule has 0 saturated heterocycles. The van der Waals surface area contributed by atoms with Crippen LogP contribution < -0.4 is 0 Å². The van der Waals surface area contributed by atoms with Crippen LogP contribution in [0.5, 0.6) is 0 Å². The van der Waals surface area contributed by atoms with Gasteiger partial charge >= 0.3 is 0 Å². The SMILES string of the molecule is C=Cc1cccc(CCO[Si](CCC)C(C)OCC)c1. The Kier molecular flexibility index (Phi) is 8.50. The molecule has 0 N–H and O–H groups in total. The van der Waals surface area contributed by atoms with Crippen LogP contribution in [0.1, 0.15) is 38.3 Å². The first kappa shape index (κ1) is 17.1. The number of rotatable bonds is 10. The fourth-order valence-electron chi connectivity index (χ4n) is 2.16. The first-order chi connectivity index (χ1) is 9.71. The van der Waals surface area contributed by atoms with E-state index in [2.05, 4.69) is 44.7 Å². The molecule has 0 heterocycles. The molecular formula is C17H27O2Si. The van der Waals surface area contributed by atoms with Crippen molar-refractivity contribution in [2.75, 3.05) is 13.2 Å². The molecule has 1 unspecified atom stereocenters. The Hall–Kier alpha value is -0.903. The highest BCUT2D eigenvalue weighted by Crippen LogP contribution is 2.11. The lowest BCUT2D eigenvalue weighted by Crippen LogP contribution is -2.34. The van der Waals surface area contributed by atoms with Gasteiger partial charge in [-0.25, -0.2) is 0 Å². The van der Waals surface area contributed by atoms with Gasteiger partial charge in [0.15, 0.2) is 0 Å². The third-order valence-electron chi connectivity index (χ3n) is 3.23. The summed E-state index contributed by atoms with van der Waals surface area (Å²) < 4.78 is 11.8. The Morgan fingerprint density at radius 3 is 2.80 bits per heavy atom. The van der Waals surface area contributed by atoms with Crippen LogP contribution in [-0.4, -0.2) is 28.0 Å². The van der Waals surface area contributed by atoms with Crippen molar-refractivity contribution in [3.63, 3.8) is 0 Å². The van der Waals surface area contributed by atoms with Gasteiger partial charge in [-0.2, -0.15) is 0 Å². The van der Waals surface area contributed by atoms with Gasteiger partial charge < -0.3 is 9.16 Å². The van der Waals surface area contributed by atoms with E-state index in [1.54, 1.807) is 0 Å². The van der Waals surface area contributed by atoms with Crippen molar-refractivity contribution in [3.05, 3.63) is 42.0 Å². The Morgan fingerprint density at radius 1 is 1.35 bits per heavy atom. The van der Waals surface area contributed by atoms with Crippen LogP contribution in [0, 0.1) is 0 Å². The lowest BCUT2D eigenvalue weighted by molar-refractivity contribution is 0.109. The lowest BCUT2D eigenvalue weighted by atomic mass is 10.1. The highest BCUT2D eigenvalue weighted by Gasteiger charge is 2.21. The number of benzene rings is 1. The summed E-state index contributed by atoms with van der Waals surface area (Å²) in [5.41, 5.74) is 2.75. The minimum Gasteiger partial charge on any atom is -0.414 e. The highest BCUT2D eigenvalue weighted by molar-refractivity contribution is 6.53. The molecule has 111 valence electrons. The molecule has 1 rings (SSSR count). The van der Waals surface area contributed by atoms with Gasteiger partial charge in [0, 0.05) is 13.2 Å². The molecule has 0 spiro atoms. The zero-order chi connectivity index (χ0) is 14.8. The standard InChI is InChI=1S/C17H27O2Si/c1-5-13-20(15(4)18-7-3)19-12-11-17-10-8-9-16(6-2)14-17/h6,8-10,14-15H,2,5,7,11-13H2,1,3-4H3. The van der Waals surface area contributed by atoms with Crippen LogP contribution in [0.25, 0.3) is 6.08 Å². The quantitative estimate of drug-likeness (QED) is 0.600. The molecule has 3 heteroatoms. The summed E-state index contributed by atoms with van der Waals surface area (Å²) in [7, 11) is -0.863. The van der Waals surface area contributed by atoms with Crippen LogP contribution >= 0.6 is 0 Å². The average molecular weight is 291 g/mol. The molecule has 1 radical (unpaired) electrons. The van der Waals surface area contributed by atoms with E-state index in [9.17, 15) is 0 Å². The molecule has 0 amide bonds. The summed E-state index contributed by atoms with van der Waals surface area (Å²) in [5.74, 6) is 0. The van der Waals surface area contributed by atoms with Gasteiger partial charge in [0.1, 0.15) is 0 Å². The molecule has 0 aliphatic carbocycles. The van der Waals surface area contributed by atoms with E-state index in [0.29, 0.717) is 0 Å². The van der Waals surface area contributed by atoms with Gasteiger partial charge in [0.2, 0.25) is 9.04 Å². The van der Waals surface area contributed by atoms with Crippen molar-refractivity contribution in [2.45, 2.75) is 45.4 Å². The number of hydrogen-bond acceptors (Lipinski definition) is 2. The summed E-state index contributed by atoms with van der Waals surface area (Å²) >= 11 is 0. The lowest BCUT2D eigenvalue weighted by Gasteiger charge is -2.21. The van der Waals surface area contributed by atoms with E-state index in [-0.39, 0.29) is 5.73 Å². The third-order valence-corrected chi connectivity index (χ3v) is 5.87. The second kappa shape index (κ2) is 9.92. The monoisotopic (exact) mass is 291 g/mol. The Labute approximate surface area is 125 Å². The van der Waals surface area contributed by atoms with E-state index in [4.69, 9.17) is 9.16 Å². The maximum absolute atomic E-state index is 6.13. The Bertz CT molecular complexity index is 392. The summed E-state index contributed by atoms with van der Waals surface area (Å²) in [6.07, 6.45) is 4.00. The largest absolute Gasteiger partial charge is 0.414 e. The van der Waals surface area contributed by atoms with Gasteiger partial charge in [-0.1, -0.05) is 50.3 Å². The number of hydrogen-bond donors (Lipinski definition) is 0. The summed E-state index contributed by atoms with van der Waals surface area (Å²) in [5, 5.41) is 0. The van der Waals surface area contributed by atoms with Crippen LogP contribution in [-0.2, 0) is 15.6 Å². The van der Waals surface area contributed by atoms with Gasteiger partial charge in [-0.3, -0.25) is 0 Å². The van der Waals surface area contributed by atoms with Crippen molar-refractivity contribution >= 4 is 15.1 Å². The maximum Gasteiger partial charge on any atom is 0.241 e. The van der Waals surface area contributed by atoms with Crippen LogP contribution in [0.15, 0.2) is 30.8 Å². The van der Waals surface area contributed by atoms with Crippen LogP contribution in [0.3, 0.4) is 0 Å². The summed E-state index contributed by atoms with van der Waals surface area (Å²) in [6, 6.07) is 9.62. The Morgan fingerprint density at radius 2 is 2.15 bits per heavy atom. The molecule has 2 nitrogen and oxygen atoms in total. The van der Waals surface area contributed by atoms with Crippen LogP contribution in [0.4, 0.5) is 0 Å². The van der Waals surface area contributed by atoms with E-state index in [0.717, 1.165) is 32.1 Å². The van der Waals surface area contributed by atoms with Crippen molar-refractivity contribution in [2.24, 2.45) is 0 Å². The molecule has 0 aromatic heterocycles. The van der Waals surface area contributed by atoms with Crippen molar-refractivity contribution < 1.29 is 9.16 Å². The zero-order valence-corrected chi connectivity index (χ0v) is 14.0. The molecule has 0 aliphatic heterocycles. The van der Waals surface area contributed by atoms with E-state index in [1.807, 2.05) is 13.0 Å².